The molecule has 14 heavy (non-hydrogen) atoms. The molecule has 2 aromatic heterocycles. The highest BCUT2D eigenvalue weighted by Gasteiger charge is 2.16. The summed E-state index contributed by atoms with van der Waals surface area (Å²) in [5.74, 6) is 2.18. The number of hydrogen-bond acceptors (Lipinski definition) is 4. The van der Waals surface area contributed by atoms with Gasteiger partial charge >= 0.3 is 0 Å². The molecule has 0 aliphatic heterocycles. The van der Waals surface area contributed by atoms with E-state index < -0.39 is 0 Å². The molecule has 0 amide bonds. The van der Waals surface area contributed by atoms with Gasteiger partial charge in [-0.25, -0.2) is 4.98 Å². The molecule has 2 aromatic rings. The molecule has 5 nitrogen and oxygen atoms in total. The number of nitrogen functional groups attached to an aromatic ring is 1. The quantitative estimate of drug-likeness (QED) is 0.738. The van der Waals surface area contributed by atoms with Crippen molar-refractivity contribution in [1.29, 1.82) is 0 Å². The zero-order valence-electron chi connectivity index (χ0n) is 8.40. The lowest BCUT2D eigenvalue weighted by Crippen LogP contribution is -1.98. The Morgan fingerprint density at radius 2 is 2.14 bits per heavy atom. The minimum atomic E-state index is 0.625. The van der Waals surface area contributed by atoms with E-state index in [0.717, 1.165) is 22.8 Å². The van der Waals surface area contributed by atoms with Gasteiger partial charge in [0, 0.05) is 7.05 Å². The highest BCUT2D eigenvalue weighted by atomic mass is 16.5. The fraction of sp³-hybridized carbons (Fsp3) is 0.333. The lowest BCUT2D eigenvalue weighted by molar-refractivity contribution is 0.393. The van der Waals surface area contributed by atoms with Crippen LogP contribution in [-0.2, 0) is 7.05 Å². The first kappa shape index (κ1) is 8.80. The molecule has 5 heteroatoms. The van der Waals surface area contributed by atoms with Gasteiger partial charge in [0.1, 0.15) is 17.4 Å². The van der Waals surface area contributed by atoms with E-state index in [9.17, 15) is 0 Å². The maximum Gasteiger partial charge on any atom is 0.146 e. The number of rotatable bonds is 1. The zero-order chi connectivity index (χ0) is 10.3. The van der Waals surface area contributed by atoms with Crippen molar-refractivity contribution in [3.8, 4) is 11.4 Å². The molecule has 0 aliphatic carbocycles. The van der Waals surface area contributed by atoms with E-state index >= 15 is 0 Å². The fourth-order valence-corrected chi connectivity index (χ4v) is 1.46. The van der Waals surface area contributed by atoms with Gasteiger partial charge in [-0.05, 0) is 13.8 Å². The maximum absolute atomic E-state index is 5.70. The topological polar surface area (TPSA) is 69.9 Å². The largest absolute Gasteiger partial charge is 0.384 e. The Morgan fingerprint density at radius 1 is 1.43 bits per heavy atom. The summed E-state index contributed by atoms with van der Waals surface area (Å²) >= 11 is 0. The first-order valence-electron chi connectivity index (χ1n) is 4.31. The number of imidazole rings is 1. The molecule has 0 fully saturated rings. The minimum absolute atomic E-state index is 0.625. The lowest BCUT2D eigenvalue weighted by Gasteiger charge is -2.01. The van der Waals surface area contributed by atoms with Crippen molar-refractivity contribution in [3.05, 3.63) is 17.7 Å². The number of anilines is 1. The van der Waals surface area contributed by atoms with Crippen molar-refractivity contribution in [2.75, 3.05) is 5.73 Å². The molecule has 0 bridgehead atoms. The van der Waals surface area contributed by atoms with Gasteiger partial charge in [-0.15, -0.1) is 0 Å². The highest BCUT2D eigenvalue weighted by Crippen LogP contribution is 2.26. The van der Waals surface area contributed by atoms with E-state index in [1.54, 1.807) is 6.20 Å². The predicted molar refractivity (Wildman–Crippen MR) is 52.6 cm³/mol. The zero-order valence-corrected chi connectivity index (χ0v) is 8.40. The van der Waals surface area contributed by atoms with Gasteiger partial charge < -0.3 is 14.8 Å². The smallest absolute Gasteiger partial charge is 0.146 e. The molecule has 0 saturated carbocycles. The molecule has 0 spiro atoms. The van der Waals surface area contributed by atoms with Crippen LogP contribution in [0.15, 0.2) is 10.7 Å². The van der Waals surface area contributed by atoms with E-state index in [2.05, 4.69) is 10.1 Å². The molecule has 0 aromatic carbocycles. The van der Waals surface area contributed by atoms with Crippen molar-refractivity contribution in [2.24, 2.45) is 7.05 Å². The lowest BCUT2D eigenvalue weighted by atomic mass is 10.2. The number of aromatic nitrogens is 3. The third kappa shape index (κ3) is 1.09. The van der Waals surface area contributed by atoms with Crippen molar-refractivity contribution in [1.82, 2.24) is 14.7 Å². The molecule has 0 atom stereocenters. The summed E-state index contributed by atoms with van der Waals surface area (Å²) in [6.45, 7) is 3.75. The van der Waals surface area contributed by atoms with E-state index in [1.807, 2.05) is 25.5 Å². The van der Waals surface area contributed by atoms with Crippen LogP contribution < -0.4 is 5.73 Å². The van der Waals surface area contributed by atoms with Crippen molar-refractivity contribution in [3.63, 3.8) is 0 Å². The van der Waals surface area contributed by atoms with Crippen LogP contribution in [0.1, 0.15) is 11.5 Å². The second kappa shape index (κ2) is 2.87. The first-order chi connectivity index (χ1) is 6.61. The van der Waals surface area contributed by atoms with Crippen LogP contribution in [-0.4, -0.2) is 14.7 Å². The molecule has 0 aliphatic rings. The van der Waals surface area contributed by atoms with Crippen LogP contribution >= 0.6 is 0 Å². The van der Waals surface area contributed by atoms with Crippen LogP contribution in [0, 0.1) is 13.8 Å². The fourth-order valence-electron chi connectivity index (χ4n) is 1.46. The van der Waals surface area contributed by atoms with Crippen molar-refractivity contribution < 1.29 is 4.52 Å². The Hall–Kier alpha value is -1.78. The van der Waals surface area contributed by atoms with Crippen LogP contribution in [0.4, 0.5) is 5.82 Å². The SMILES string of the molecule is Cc1noc(C)c1-c1ncc(N)n1C. The molecular formula is C9H12N4O. The van der Waals surface area contributed by atoms with Crippen LogP contribution in [0.3, 0.4) is 0 Å². The van der Waals surface area contributed by atoms with E-state index in [1.165, 1.54) is 0 Å². The Morgan fingerprint density at radius 3 is 2.57 bits per heavy atom. The van der Waals surface area contributed by atoms with Gasteiger partial charge in [0.2, 0.25) is 0 Å². The minimum Gasteiger partial charge on any atom is -0.384 e. The normalized spacial score (nSPS) is 10.8. The highest BCUT2D eigenvalue weighted by molar-refractivity contribution is 5.62. The molecular weight excluding hydrogens is 180 g/mol. The van der Waals surface area contributed by atoms with Crippen LogP contribution in [0.5, 0.6) is 0 Å². The van der Waals surface area contributed by atoms with Gasteiger partial charge in [-0.1, -0.05) is 5.16 Å². The van der Waals surface area contributed by atoms with Crippen LogP contribution in [0.25, 0.3) is 11.4 Å². The third-order valence-corrected chi connectivity index (χ3v) is 2.28. The number of aryl methyl sites for hydroxylation is 2. The average molecular weight is 192 g/mol. The Kier molecular flexibility index (Phi) is 1.80. The molecule has 2 rings (SSSR count). The van der Waals surface area contributed by atoms with Gasteiger partial charge in [0.05, 0.1) is 17.5 Å². The molecule has 2 N–H and O–H groups in total. The summed E-state index contributed by atoms with van der Waals surface area (Å²) < 4.78 is 6.88. The van der Waals surface area contributed by atoms with E-state index in [4.69, 9.17) is 10.3 Å². The second-order valence-electron chi connectivity index (χ2n) is 3.26. The predicted octanol–water partition coefficient (Wildman–Crippen LogP) is 1.27. The molecule has 2 heterocycles. The average Bonchev–Trinajstić information content (AvgIpc) is 2.62. The maximum atomic E-state index is 5.70. The standard InChI is InChI=1S/C9H12N4O/c1-5-8(6(2)14-12-5)9-11-4-7(10)13(9)3/h4H,10H2,1-3H3. The van der Waals surface area contributed by atoms with Crippen LogP contribution in [0.2, 0.25) is 0 Å². The summed E-state index contributed by atoms with van der Waals surface area (Å²) in [4.78, 5) is 4.22. The van der Waals surface area contributed by atoms with E-state index in [-0.39, 0.29) is 0 Å². The summed E-state index contributed by atoms with van der Waals surface area (Å²) in [6.07, 6.45) is 1.63. The van der Waals surface area contributed by atoms with Gasteiger partial charge in [0.15, 0.2) is 0 Å². The second-order valence-corrected chi connectivity index (χ2v) is 3.26. The molecule has 74 valence electrons. The summed E-state index contributed by atoms with van der Waals surface area (Å²) in [5, 5.41) is 3.87. The third-order valence-electron chi connectivity index (χ3n) is 2.28. The summed E-state index contributed by atoms with van der Waals surface area (Å²) in [6, 6.07) is 0. The Balaban J connectivity index is 2.65. The van der Waals surface area contributed by atoms with Crippen molar-refractivity contribution in [2.45, 2.75) is 13.8 Å². The van der Waals surface area contributed by atoms with E-state index in [0.29, 0.717) is 5.82 Å². The molecule has 0 unspecified atom stereocenters. The Bertz CT molecular complexity index is 450. The van der Waals surface area contributed by atoms with Gasteiger partial charge in [-0.2, -0.15) is 0 Å². The number of nitrogens with two attached hydrogens (primary N) is 1. The monoisotopic (exact) mass is 192 g/mol. The summed E-state index contributed by atoms with van der Waals surface area (Å²) in [7, 11) is 1.86. The summed E-state index contributed by atoms with van der Waals surface area (Å²) in [5.41, 5.74) is 7.45. The van der Waals surface area contributed by atoms with Gasteiger partial charge in [0.25, 0.3) is 0 Å². The molecule has 0 radical (unpaired) electrons. The van der Waals surface area contributed by atoms with Crippen molar-refractivity contribution >= 4 is 5.82 Å². The Labute approximate surface area is 81.5 Å². The number of hydrogen-bond donors (Lipinski definition) is 1. The molecule has 0 saturated heterocycles. The van der Waals surface area contributed by atoms with Gasteiger partial charge in [-0.3, -0.25) is 0 Å². The number of nitrogens with zero attached hydrogens (tertiary/aromatic N) is 3. The first-order valence-corrected chi connectivity index (χ1v) is 4.31.